The molecule has 2 aromatic rings. The number of aromatic nitrogens is 1. The number of hydrogen-bond donors (Lipinski definition) is 2. The van der Waals surface area contributed by atoms with Crippen molar-refractivity contribution in [3.05, 3.63) is 35.8 Å². The Bertz CT molecular complexity index is 740. The zero-order chi connectivity index (χ0) is 16.1. The maximum Gasteiger partial charge on any atom is 0.419 e. The summed E-state index contributed by atoms with van der Waals surface area (Å²) in [6.07, 6.45) is -5.37. The maximum absolute atomic E-state index is 13.6. The van der Waals surface area contributed by atoms with E-state index < -0.39 is 36.5 Å². The Morgan fingerprint density at radius 2 is 2.09 bits per heavy atom. The third-order valence-corrected chi connectivity index (χ3v) is 3.90. The monoisotopic (exact) mass is 316 g/mol. The molecule has 1 amide bonds. The smallest absolute Gasteiger partial charge is 0.379 e. The van der Waals surface area contributed by atoms with Crippen molar-refractivity contribution in [2.75, 3.05) is 13.1 Å². The highest BCUT2D eigenvalue weighted by atomic mass is 19.4. The van der Waals surface area contributed by atoms with Gasteiger partial charge in [0.2, 0.25) is 0 Å². The van der Waals surface area contributed by atoms with E-state index in [1.165, 1.54) is 18.2 Å². The summed E-state index contributed by atoms with van der Waals surface area (Å²) in [6, 6.07) is 5.51. The second-order valence-corrected chi connectivity index (χ2v) is 5.39. The van der Waals surface area contributed by atoms with Crippen LogP contribution in [0.4, 0.5) is 17.6 Å². The van der Waals surface area contributed by atoms with Crippen molar-refractivity contribution in [1.82, 2.24) is 9.88 Å². The summed E-state index contributed by atoms with van der Waals surface area (Å²) >= 11 is 0. The van der Waals surface area contributed by atoms with Crippen molar-refractivity contribution in [3.63, 3.8) is 0 Å². The number of amides is 1. The van der Waals surface area contributed by atoms with Gasteiger partial charge in [-0.1, -0.05) is 6.07 Å². The number of hydrogen-bond acceptors (Lipinski definition) is 2. The summed E-state index contributed by atoms with van der Waals surface area (Å²) in [5.41, 5.74) is -2.51. The molecule has 1 aromatic heterocycles. The molecule has 1 saturated heterocycles. The van der Waals surface area contributed by atoms with E-state index in [-0.39, 0.29) is 17.6 Å². The number of β-amino-alcohol motifs (C(OH)–C–C–N with tert-alkyl or cyclic N) is 1. The molecular formula is C14H12F4N2O2. The lowest BCUT2D eigenvalue weighted by atomic mass is 10.0. The number of benzene rings is 1. The average Bonchev–Trinajstić information content (AvgIpc) is 3.03. The van der Waals surface area contributed by atoms with Crippen LogP contribution in [0.15, 0.2) is 24.3 Å². The average molecular weight is 316 g/mol. The fraction of sp³-hybridized carbons (Fsp3) is 0.357. The third-order valence-electron chi connectivity index (χ3n) is 3.90. The van der Waals surface area contributed by atoms with Crippen LogP contribution in [0.5, 0.6) is 0 Å². The van der Waals surface area contributed by atoms with E-state index in [0.717, 1.165) is 4.90 Å². The molecule has 1 fully saturated rings. The van der Waals surface area contributed by atoms with Gasteiger partial charge in [0, 0.05) is 23.9 Å². The molecule has 2 heterocycles. The van der Waals surface area contributed by atoms with Gasteiger partial charge in [0.1, 0.15) is 11.5 Å². The number of likely N-dealkylation sites (tertiary alicyclic amines) is 1. The van der Waals surface area contributed by atoms with Gasteiger partial charge in [0.05, 0.1) is 6.54 Å². The van der Waals surface area contributed by atoms with E-state index in [4.69, 9.17) is 0 Å². The highest BCUT2D eigenvalue weighted by molar-refractivity contribution is 5.98. The Kier molecular flexibility index (Phi) is 3.17. The van der Waals surface area contributed by atoms with Crippen LogP contribution >= 0.6 is 0 Å². The van der Waals surface area contributed by atoms with Crippen LogP contribution < -0.4 is 0 Å². The van der Waals surface area contributed by atoms with Crippen LogP contribution in [0.25, 0.3) is 10.9 Å². The molecule has 1 atom stereocenters. The first-order valence-electron chi connectivity index (χ1n) is 6.57. The molecule has 0 radical (unpaired) electrons. The predicted molar refractivity (Wildman–Crippen MR) is 69.8 cm³/mol. The normalized spacial score (nSPS) is 22.5. The number of rotatable bonds is 1. The van der Waals surface area contributed by atoms with Gasteiger partial charge in [-0.15, -0.1) is 0 Å². The van der Waals surface area contributed by atoms with Crippen LogP contribution in [0.3, 0.4) is 0 Å². The molecule has 3 rings (SSSR count). The topological polar surface area (TPSA) is 56.3 Å². The number of carbonyl (C=O) groups is 1. The minimum absolute atomic E-state index is 0.00785. The molecule has 4 nitrogen and oxygen atoms in total. The highest BCUT2D eigenvalue weighted by Gasteiger charge is 2.57. The van der Waals surface area contributed by atoms with E-state index in [9.17, 15) is 27.5 Å². The molecule has 118 valence electrons. The van der Waals surface area contributed by atoms with E-state index in [1.807, 2.05) is 0 Å². The number of aliphatic hydroxyl groups is 1. The molecule has 1 aliphatic rings. The van der Waals surface area contributed by atoms with E-state index in [2.05, 4.69) is 4.98 Å². The van der Waals surface area contributed by atoms with Crippen molar-refractivity contribution >= 4 is 16.8 Å². The van der Waals surface area contributed by atoms with Gasteiger partial charge in [-0.2, -0.15) is 13.2 Å². The highest BCUT2D eigenvalue weighted by Crippen LogP contribution is 2.38. The minimum Gasteiger partial charge on any atom is -0.379 e. The Labute approximate surface area is 122 Å². The molecule has 8 heteroatoms. The molecule has 2 N–H and O–H groups in total. The van der Waals surface area contributed by atoms with Crippen LogP contribution in [0.1, 0.15) is 16.9 Å². The van der Waals surface area contributed by atoms with Gasteiger partial charge < -0.3 is 15.0 Å². The van der Waals surface area contributed by atoms with Crippen molar-refractivity contribution in [2.45, 2.75) is 18.2 Å². The second kappa shape index (κ2) is 4.70. The Hall–Kier alpha value is -2.09. The SMILES string of the molecule is O=C(c1cc2c(F)cccc2[nH]1)N1CCC(O)(C(F)(F)F)C1. The Morgan fingerprint density at radius 1 is 1.36 bits per heavy atom. The van der Waals surface area contributed by atoms with E-state index in [0.29, 0.717) is 5.52 Å². The second-order valence-electron chi connectivity index (χ2n) is 5.39. The van der Waals surface area contributed by atoms with Crippen LogP contribution in [0, 0.1) is 5.82 Å². The van der Waals surface area contributed by atoms with Gasteiger partial charge in [-0.25, -0.2) is 4.39 Å². The predicted octanol–water partition coefficient (Wildman–Crippen LogP) is 2.45. The first kappa shape index (κ1) is 14.8. The molecule has 0 saturated carbocycles. The van der Waals surface area contributed by atoms with Gasteiger partial charge in [0.25, 0.3) is 5.91 Å². The van der Waals surface area contributed by atoms with E-state index in [1.54, 1.807) is 6.07 Å². The van der Waals surface area contributed by atoms with Crippen LogP contribution in [-0.4, -0.2) is 45.8 Å². The van der Waals surface area contributed by atoms with Gasteiger partial charge in [-0.05, 0) is 18.2 Å². The molecule has 1 unspecified atom stereocenters. The number of aromatic amines is 1. The lowest BCUT2D eigenvalue weighted by Gasteiger charge is -2.25. The van der Waals surface area contributed by atoms with Crippen molar-refractivity contribution in [1.29, 1.82) is 0 Å². The van der Waals surface area contributed by atoms with E-state index >= 15 is 0 Å². The van der Waals surface area contributed by atoms with Gasteiger partial charge in [-0.3, -0.25) is 4.79 Å². The standard InChI is InChI=1S/C14H12F4N2O2/c15-9-2-1-3-10-8(9)6-11(19-10)12(21)20-5-4-13(22,7-20)14(16,17)18/h1-3,6,19,22H,4-5,7H2. The molecule has 0 spiro atoms. The molecular weight excluding hydrogens is 304 g/mol. The van der Waals surface area contributed by atoms with Crippen LogP contribution in [0.2, 0.25) is 0 Å². The molecule has 22 heavy (non-hydrogen) atoms. The van der Waals surface area contributed by atoms with Crippen LogP contribution in [-0.2, 0) is 0 Å². The molecule has 1 aromatic carbocycles. The number of halogens is 4. The summed E-state index contributed by atoms with van der Waals surface area (Å²) in [5.74, 6) is -1.23. The van der Waals surface area contributed by atoms with Gasteiger partial charge >= 0.3 is 6.18 Å². The minimum atomic E-state index is -4.80. The lowest BCUT2D eigenvalue weighted by molar-refractivity contribution is -0.253. The third kappa shape index (κ3) is 2.23. The number of nitrogens with zero attached hydrogens (tertiary/aromatic N) is 1. The maximum atomic E-state index is 13.6. The summed E-state index contributed by atoms with van der Waals surface area (Å²) in [4.78, 5) is 15.8. The molecule has 0 bridgehead atoms. The summed E-state index contributed by atoms with van der Waals surface area (Å²) < 4.78 is 51.9. The first-order valence-corrected chi connectivity index (χ1v) is 6.57. The van der Waals surface area contributed by atoms with Gasteiger partial charge in [0.15, 0.2) is 5.60 Å². The number of alkyl halides is 3. The summed E-state index contributed by atoms with van der Waals surface area (Å²) in [6.45, 7) is -1.04. The summed E-state index contributed by atoms with van der Waals surface area (Å²) in [5, 5.41) is 9.78. The fourth-order valence-corrected chi connectivity index (χ4v) is 2.60. The zero-order valence-corrected chi connectivity index (χ0v) is 11.2. The largest absolute Gasteiger partial charge is 0.419 e. The summed E-state index contributed by atoms with van der Waals surface area (Å²) in [7, 11) is 0. The Morgan fingerprint density at radius 3 is 2.68 bits per heavy atom. The number of carbonyl (C=O) groups excluding carboxylic acids is 1. The molecule has 0 aliphatic carbocycles. The van der Waals surface area contributed by atoms with Crippen molar-refractivity contribution in [2.24, 2.45) is 0 Å². The van der Waals surface area contributed by atoms with Crippen molar-refractivity contribution in [3.8, 4) is 0 Å². The lowest BCUT2D eigenvalue weighted by Crippen LogP contribution is -2.48. The number of H-pyrrole nitrogens is 1. The first-order chi connectivity index (χ1) is 10.2. The number of fused-ring (bicyclic) bond motifs is 1. The number of nitrogens with one attached hydrogen (secondary N) is 1. The Balaban J connectivity index is 1.87. The van der Waals surface area contributed by atoms with Crippen molar-refractivity contribution < 1.29 is 27.5 Å². The quantitative estimate of drug-likeness (QED) is 0.794. The fourth-order valence-electron chi connectivity index (χ4n) is 2.60. The molecule has 1 aliphatic heterocycles. The zero-order valence-electron chi connectivity index (χ0n) is 11.2.